The molecule has 0 heterocycles. The molecule has 0 bridgehead atoms. The first kappa shape index (κ1) is 11.2. The number of nitrogen functional groups attached to an aromatic ring is 1. The summed E-state index contributed by atoms with van der Waals surface area (Å²) >= 11 is 0. The first-order valence-corrected chi connectivity index (χ1v) is 5.23. The summed E-state index contributed by atoms with van der Waals surface area (Å²) in [6, 6.07) is 14.2. The molecule has 0 unspecified atom stereocenters. The highest BCUT2D eigenvalue weighted by Gasteiger charge is 2.08. The van der Waals surface area contributed by atoms with Crippen LogP contribution in [0.15, 0.2) is 42.5 Å². The molecular weight excluding hydrogens is 215 g/mol. The van der Waals surface area contributed by atoms with Crippen LogP contribution in [-0.2, 0) is 6.42 Å². The lowest BCUT2D eigenvalue weighted by Gasteiger charge is -2.06. The third-order valence-corrected chi connectivity index (χ3v) is 2.63. The fourth-order valence-corrected chi connectivity index (χ4v) is 1.72. The van der Waals surface area contributed by atoms with Gasteiger partial charge in [0.2, 0.25) is 0 Å². The molecule has 17 heavy (non-hydrogen) atoms. The number of rotatable bonds is 2. The number of nitriles is 1. The van der Waals surface area contributed by atoms with Crippen LogP contribution in [0.5, 0.6) is 0 Å². The average Bonchev–Trinajstić information content (AvgIpc) is 2.35. The van der Waals surface area contributed by atoms with Gasteiger partial charge in [0.25, 0.3) is 0 Å². The van der Waals surface area contributed by atoms with E-state index in [-0.39, 0.29) is 5.69 Å². The molecule has 0 aliphatic rings. The van der Waals surface area contributed by atoms with Crippen molar-refractivity contribution in [2.24, 2.45) is 0 Å². The van der Waals surface area contributed by atoms with Crippen molar-refractivity contribution < 1.29 is 4.39 Å². The number of nitrogens with zero attached hydrogens (tertiary/aromatic N) is 1. The lowest BCUT2D eigenvalue weighted by Crippen LogP contribution is -1.99. The second-order valence-electron chi connectivity index (χ2n) is 3.77. The Kier molecular flexibility index (Phi) is 3.06. The highest BCUT2D eigenvalue weighted by atomic mass is 19.1. The van der Waals surface area contributed by atoms with Crippen LogP contribution in [0.4, 0.5) is 10.1 Å². The van der Waals surface area contributed by atoms with Crippen LogP contribution in [-0.4, -0.2) is 0 Å². The Morgan fingerprint density at radius 1 is 1.06 bits per heavy atom. The van der Waals surface area contributed by atoms with Crippen molar-refractivity contribution >= 4 is 5.69 Å². The number of hydrogen-bond donors (Lipinski definition) is 1. The van der Waals surface area contributed by atoms with Crippen molar-refractivity contribution in [2.45, 2.75) is 6.42 Å². The first-order valence-electron chi connectivity index (χ1n) is 5.23. The van der Waals surface area contributed by atoms with Gasteiger partial charge in [-0.1, -0.05) is 30.3 Å². The fourth-order valence-electron chi connectivity index (χ4n) is 1.72. The maximum Gasteiger partial charge on any atom is 0.149 e. The molecule has 0 spiro atoms. The van der Waals surface area contributed by atoms with Gasteiger partial charge in [0, 0.05) is 6.42 Å². The predicted molar refractivity (Wildman–Crippen MR) is 64.8 cm³/mol. The Balaban J connectivity index is 2.39. The van der Waals surface area contributed by atoms with Gasteiger partial charge in [0.15, 0.2) is 0 Å². The van der Waals surface area contributed by atoms with Crippen LogP contribution in [0.25, 0.3) is 0 Å². The summed E-state index contributed by atoms with van der Waals surface area (Å²) in [5, 5.41) is 8.95. The molecule has 0 aliphatic heterocycles. The number of benzene rings is 2. The molecule has 0 aliphatic carbocycles. The molecular formula is C14H11FN2. The van der Waals surface area contributed by atoms with E-state index in [1.165, 1.54) is 6.07 Å². The van der Waals surface area contributed by atoms with Gasteiger partial charge < -0.3 is 5.73 Å². The van der Waals surface area contributed by atoms with Gasteiger partial charge in [-0.3, -0.25) is 0 Å². The molecule has 2 aromatic rings. The minimum absolute atomic E-state index is 0.136. The first-order chi connectivity index (χ1) is 8.22. The van der Waals surface area contributed by atoms with Gasteiger partial charge in [-0.25, -0.2) is 4.39 Å². The van der Waals surface area contributed by atoms with Crippen LogP contribution in [0.1, 0.15) is 16.7 Å². The van der Waals surface area contributed by atoms with Crippen molar-refractivity contribution in [3.63, 3.8) is 0 Å². The number of nitrogens with two attached hydrogens (primary N) is 1. The summed E-state index contributed by atoms with van der Waals surface area (Å²) in [5.41, 5.74) is 7.52. The van der Waals surface area contributed by atoms with Gasteiger partial charge in [-0.2, -0.15) is 5.26 Å². The largest absolute Gasteiger partial charge is 0.396 e. The molecule has 84 valence electrons. The van der Waals surface area contributed by atoms with E-state index in [1.807, 2.05) is 12.1 Å². The molecule has 0 saturated carbocycles. The Labute approximate surface area is 99.1 Å². The second-order valence-corrected chi connectivity index (χ2v) is 3.77. The maximum atomic E-state index is 13.7. The molecule has 0 fully saturated rings. The normalized spacial score (nSPS) is 9.88. The lowest BCUT2D eigenvalue weighted by molar-refractivity contribution is 0.618. The average molecular weight is 226 g/mol. The van der Waals surface area contributed by atoms with E-state index in [0.717, 1.165) is 5.56 Å². The zero-order valence-electron chi connectivity index (χ0n) is 9.15. The summed E-state index contributed by atoms with van der Waals surface area (Å²) in [6.07, 6.45) is 0.376. The predicted octanol–water partition coefficient (Wildman–Crippen LogP) is 2.87. The molecule has 0 atom stereocenters. The van der Waals surface area contributed by atoms with Crippen molar-refractivity contribution in [1.82, 2.24) is 0 Å². The van der Waals surface area contributed by atoms with Gasteiger partial charge in [0.1, 0.15) is 5.82 Å². The molecule has 2 N–H and O–H groups in total. The second kappa shape index (κ2) is 4.67. The van der Waals surface area contributed by atoms with E-state index in [4.69, 9.17) is 11.0 Å². The molecule has 2 aromatic carbocycles. The Bertz CT molecular complexity index is 585. The van der Waals surface area contributed by atoms with Crippen molar-refractivity contribution in [2.75, 3.05) is 5.73 Å². The third-order valence-electron chi connectivity index (χ3n) is 2.63. The highest BCUT2D eigenvalue weighted by Crippen LogP contribution is 2.19. The summed E-state index contributed by atoms with van der Waals surface area (Å²) in [7, 11) is 0. The van der Waals surface area contributed by atoms with E-state index < -0.39 is 5.82 Å². The monoisotopic (exact) mass is 226 g/mol. The quantitative estimate of drug-likeness (QED) is 0.800. The van der Waals surface area contributed by atoms with Crippen LogP contribution in [0.2, 0.25) is 0 Å². The molecule has 0 amide bonds. The summed E-state index contributed by atoms with van der Waals surface area (Å²) in [5.74, 6) is -0.403. The minimum atomic E-state index is -0.403. The summed E-state index contributed by atoms with van der Waals surface area (Å²) in [4.78, 5) is 0. The van der Waals surface area contributed by atoms with Crippen LogP contribution in [0.3, 0.4) is 0 Å². The smallest absolute Gasteiger partial charge is 0.149 e. The summed E-state index contributed by atoms with van der Waals surface area (Å²) in [6.45, 7) is 0. The van der Waals surface area contributed by atoms with Crippen molar-refractivity contribution in [3.8, 4) is 6.07 Å². The van der Waals surface area contributed by atoms with Crippen molar-refractivity contribution in [3.05, 3.63) is 65.0 Å². The highest BCUT2D eigenvalue weighted by molar-refractivity contribution is 5.46. The Morgan fingerprint density at radius 3 is 2.53 bits per heavy atom. The fraction of sp³-hybridized carbons (Fsp3) is 0.0714. The third kappa shape index (κ3) is 2.26. The molecule has 0 saturated heterocycles. The lowest BCUT2D eigenvalue weighted by atomic mass is 10.00. The standard InChI is InChI=1S/C14H11FN2/c15-14-11(6-3-7-13(14)17)8-10-4-1-2-5-12(10)9-16/h1-7H,8,17H2. The molecule has 2 rings (SSSR count). The van der Waals surface area contributed by atoms with Gasteiger partial charge in [-0.05, 0) is 23.3 Å². The van der Waals surface area contributed by atoms with E-state index >= 15 is 0 Å². The van der Waals surface area contributed by atoms with Gasteiger partial charge >= 0.3 is 0 Å². The Morgan fingerprint density at radius 2 is 1.76 bits per heavy atom. The molecule has 2 nitrogen and oxygen atoms in total. The number of halogens is 1. The Hall–Kier alpha value is -2.34. The number of hydrogen-bond acceptors (Lipinski definition) is 2. The zero-order valence-corrected chi connectivity index (χ0v) is 9.15. The summed E-state index contributed by atoms with van der Waals surface area (Å²) < 4.78 is 13.7. The van der Waals surface area contributed by atoms with Gasteiger partial charge in [0.05, 0.1) is 17.3 Å². The van der Waals surface area contributed by atoms with Crippen molar-refractivity contribution in [1.29, 1.82) is 5.26 Å². The molecule has 3 heteroatoms. The molecule has 0 radical (unpaired) electrons. The molecule has 0 aromatic heterocycles. The zero-order chi connectivity index (χ0) is 12.3. The SMILES string of the molecule is N#Cc1ccccc1Cc1cccc(N)c1F. The van der Waals surface area contributed by atoms with Gasteiger partial charge in [-0.15, -0.1) is 0 Å². The van der Waals surface area contributed by atoms with E-state index in [0.29, 0.717) is 17.5 Å². The van der Waals surface area contributed by atoms with E-state index in [2.05, 4.69) is 6.07 Å². The minimum Gasteiger partial charge on any atom is -0.396 e. The van der Waals surface area contributed by atoms with E-state index in [1.54, 1.807) is 24.3 Å². The topological polar surface area (TPSA) is 49.8 Å². The van der Waals surface area contributed by atoms with Crippen LogP contribution < -0.4 is 5.73 Å². The number of anilines is 1. The van der Waals surface area contributed by atoms with E-state index in [9.17, 15) is 4.39 Å². The maximum absolute atomic E-state index is 13.7. The van der Waals surface area contributed by atoms with Crippen LogP contribution in [0, 0.1) is 17.1 Å². The van der Waals surface area contributed by atoms with Crippen LogP contribution >= 0.6 is 0 Å².